The molecule has 2 heteroatoms. The average molecular weight is 117 g/mol. The molecule has 0 unspecified atom stereocenters. The van der Waals surface area contributed by atoms with Crippen LogP contribution in [0.3, 0.4) is 0 Å². The first-order chi connectivity index (χ1) is 3.81. The van der Waals surface area contributed by atoms with Crippen molar-refractivity contribution in [2.45, 2.75) is 19.0 Å². The van der Waals surface area contributed by atoms with Crippen LogP contribution in [0, 0.1) is 0 Å². The quantitative estimate of drug-likeness (QED) is 0.551. The van der Waals surface area contributed by atoms with Crippen LogP contribution >= 0.6 is 0 Å². The molecule has 48 valence electrons. The number of alkyl halides is 1. The molecule has 0 spiro atoms. The van der Waals surface area contributed by atoms with Crippen molar-refractivity contribution in [1.29, 1.82) is 0 Å². The molecule has 0 saturated carbocycles. The van der Waals surface area contributed by atoms with Crippen molar-refractivity contribution in [3.63, 3.8) is 0 Å². The maximum absolute atomic E-state index is 12.1. The van der Waals surface area contributed by atoms with E-state index in [1.54, 1.807) is 6.08 Å². The highest BCUT2D eigenvalue weighted by Gasteiger charge is 1.98. The lowest BCUT2D eigenvalue weighted by Crippen LogP contribution is -2.14. The smallest absolute Gasteiger partial charge is 0.113 e. The zero-order valence-corrected chi connectivity index (χ0v) is 4.94. The fourth-order valence-corrected chi connectivity index (χ4v) is 0.417. The summed E-state index contributed by atoms with van der Waals surface area (Å²) in [5.41, 5.74) is 5.00. The van der Waals surface area contributed by atoms with Gasteiger partial charge in [-0.15, -0.1) is 6.58 Å². The molecule has 0 heterocycles. The lowest BCUT2D eigenvalue weighted by molar-refractivity contribution is 0.324. The van der Waals surface area contributed by atoms with Crippen molar-refractivity contribution >= 4 is 0 Å². The van der Waals surface area contributed by atoms with Crippen molar-refractivity contribution in [2.75, 3.05) is 6.54 Å². The second-order valence-electron chi connectivity index (χ2n) is 1.70. The molecule has 0 fully saturated rings. The molecule has 0 aliphatic carbocycles. The maximum atomic E-state index is 12.1. The Balaban J connectivity index is 2.97. The fourth-order valence-electron chi connectivity index (χ4n) is 0.417. The van der Waals surface area contributed by atoms with Gasteiger partial charge in [-0.05, 0) is 12.8 Å². The van der Waals surface area contributed by atoms with Gasteiger partial charge in [-0.3, -0.25) is 0 Å². The van der Waals surface area contributed by atoms with Crippen LogP contribution in [0.15, 0.2) is 12.7 Å². The van der Waals surface area contributed by atoms with Crippen molar-refractivity contribution < 1.29 is 4.39 Å². The Morgan fingerprint density at radius 1 is 1.75 bits per heavy atom. The summed E-state index contributed by atoms with van der Waals surface area (Å²) in [6.45, 7) is 3.59. The first-order valence-corrected chi connectivity index (χ1v) is 2.76. The summed E-state index contributed by atoms with van der Waals surface area (Å²) in [4.78, 5) is 0. The molecule has 8 heavy (non-hydrogen) atoms. The topological polar surface area (TPSA) is 26.0 Å². The molecule has 0 aliphatic heterocycles. The van der Waals surface area contributed by atoms with E-state index in [2.05, 4.69) is 6.58 Å². The number of halogens is 1. The van der Waals surface area contributed by atoms with Crippen LogP contribution in [0.25, 0.3) is 0 Å². The third-order valence-electron chi connectivity index (χ3n) is 0.940. The Morgan fingerprint density at radius 3 is 2.75 bits per heavy atom. The van der Waals surface area contributed by atoms with Gasteiger partial charge in [0.05, 0.1) is 0 Å². The number of nitrogens with two attached hydrogens (primary N) is 1. The van der Waals surface area contributed by atoms with Gasteiger partial charge in [0.2, 0.25) is 0 Å². The Bertz CT molecular complexity index is 63.5. The van der Waals surface area contributed by atoms with Crippen LogP contribution in [0.1, 0.15) is 12.8 Å². The lowest BCUT2D eigenvalue weighted by atomic mass is 10.2. The van der Waals surface area contributed by atoms with E-state index in [1.165, 1.54) is 0 Å². The first-order valence-electron chi connectivity index (χ1n) is 2.76. The molecule has 0 bridgehead atoms. The monoisotopic (exact) mass is 117 g/mol. The highest BCUT2D eigenvalue weighted by Crippen LogP contribution is 1.98. The summed E-state index contributed by atoms with van der Waals surface area (Å²) in [7, 11) is 0. The van der Waals surface area contributed by atoms with Crippen LogP contribution in [0.4, 0.5) is 4.39 Å². The summed E-state index contributed by atoms with van der Waals surface area (Å²) >= 11 is 0. The zero-order valence-electron chi connectivity index (χ0n) is 4.94. The van der Waals surface area contributed by atoms with Crippen LogP contribution < -0.4 is 5.73 Å². The van der Waals surface area contributed by atoms with Crippen LogP contribution in [0.2, 0.25) is 0 Å². The molecular weight excluding hydrogens is 105 g/mol. The Hall–Kier alpha value is -0.370. The van der Waals surface area contributed by atoms with Gasteiger partial charge in [0.25, 0.3) is 0 Å². The van der Waals surface area contributed by atoms with E-state index in [0.29, 0.717) is 6.42 Å². The van der Waals surface area contributed by atoms with Gasteiger partial charge in [-0.2, -0.15) is 0 Å². The summed E-state index contributed by atoms with van der Waals surface area (Å²) in [5.74, 6) is 0. The summed E-state index contributed by atoms with van der Waals surface area (Å²) in [6.07, 6.45) is 2.09. The third kappa shape index (κ3) is 3.81. The van der Waals surface area contributed by atoms with Crippen LogP contribution in [-0.4, -0.2) is 12.7 Å². The van der Waals surface area contributed by atoms with Crippen LogP contribution in [-0.2, 0) is 0 Å². The lowest BCUT2D eigenvalue weighted by Gasteiger charge is -1.99. The minimum atomic E-state index is -0.840. The van der Waals surface area contributed by atoms with E-state index in [0.717, 1.165) is 6.42 Å². The third-order valence-corrected chi connectivity index (χ3v) is 0.940. The largest absolute Gasteiger partial charge is 0.328 e. The molecule has 0 aliphatic rings. The molecule has 0 aromatic heterocycles. The molecule has 1 atom stereocenters. The summed E-state index contributed by atoms with van der Waals surface area (Å²) < 4.78 is 12.1. The Kier molecular flexibility index (Phi) is 4.56. The number of allylic oxidation sites excluding steroid dienone is 1. The van der Waals surface area contributed by atoms with Crippen molar-refractivity contribution in [2.24, 2.45) is 5.73 Å². The maximum Gasteiger partial charge on any atom is 0.113 e. The van der Waals surface area contributed by atoms with E-state index in [-0.39, 0.29) is 6.54 Å². The van der Waals surface area contributed by atoms with Gasteiger partial charge < -0.3 is 5.73 Å². The Labute approximate surface area is 49.4 Å². The van der Waals surface area contributed by atoms with Crippen molar-refractivity contribution in [1.82, 2.24) is 0 Å². The zero-order chi connectivity index (χ0) is 6.41. The molecule has 1 nitrogen and oxygen atoms in total. The first kappa shape index (κ1) is 7.63. The van der Waals surface area contributed by atoms with E-state index in [4.69, 9.17) is 5.73 Å². The van der Waals surface area contributed by atoms with Crippen LogP contribution in [0.5, 0.6) is 0 Å². The molecule has 0 amide bonds. The average Bonchev–Trinajstić information content (AvgIpc) is 1.83. The van der Waals surface area contributed by atoms with Gasteiger partial charge in [-0.25, -0.2) is 4.39 Å². The fraction of sp³-hybridized carbons (Fsp3) is 0.667. The van der Waals surface area contributed by atoms with Gasteiger partial charge in [0, 0.05) is 6.54 Å². The summed E-state index contributed by atoms with van der Waals surface area (Å²) in [5, 5.41) is 0. The summed E-state index contributed by atoms with van der Waals surface area (Å²) in [6, 6.07) is 0. The molecule has 0 aromatic rings. The van der Waals surface area contributed by atoms with Crippen molar-refractivity contribution in [3.05, 3.63) is 12.7 Å². The minimum Gasteiger partial charge on any atom is -0.328 e. The van der Waals surface area contributed by atoms with Gasteiger partial charge in [0.15, 0.2) is 0 Å². The van der Waals surface area contributed by atoms with Gasteiger partial charge in [0.1, 0.15) is 6.17 Å². The molecule has 0 saturated heterocycles. The molecule has 0 radical (unpaired) electrons. The number of hydrogen-bond donors (Lipinski definition) is 1. The standard InChI is InChI=1S/C6H12FN/c1-2-3-4-6(7)5-8/h2,6H,1,3-5,8H2/t6-/m0/s1. The highest BCUT2D eigenvalue weighted by atomic mass is 19.1. The van der Waals surface area contributed by atoms with E-state index < -0.39 is 6.17 Å². The Morgan fingerprint density at radius 2 is 2.38 bits per heavy atom. The predicted molar refractivity (Wildman–Crippen MR) is 33.4 cm³/mol. The molecular formula is C6H12FN. The van der Waals surface area contributed by atoms with E-state index >= 15 is 0 Å². The number of hydrogen-bond acceptors (Lipinski definition) is 1. The second-order valence-corrected chi connectivity index (χ2v) is 1.70. The molecule has 0 rings (SSSR count). The van der Waals surface area contributed by atoms with Crippen molar-refractivity contribution in [3.8, 4) is 0 Å². The number of rotatable bonds is 4. The van der Waals surface area contributed by atoms with E-state index in [9.17, 15) is 4.39 Å². The second kappa shape index (κ2) is 4.78. The minimum absolute atomic E-state index is 0.133. The van der Waals surface area contributed by atoms with Gasteiger partial charge in [-0.1, -0.05) is 6.08 Å². The SMILES string of the molecule is C=CCC[C@H](F)CN. The van der Waals surface area contributed by atoms with Gasteiger partial charge >= 0.3 is 0 Å². The molecule has 0 aromatic carbocycles. The molecule has 2 N–H and O–H groups in total. The highest BCUT2D eigenvalue weighted by molar-refractivity contribution is 4.69. The predicted octanol–water partition coefficient (Wildman–Crippen LogP) is 1.25. The van der Waals surface area contributed by atoms with E-state index in [1.807, 2.05) is 0 Å². The normalized spacial score (nSPS) is 13.2.